The Labute approximate surface area is 219 Å². The number of benzene rings is 3. The number of nitrogens with zero attached hydrogens (tertiary/aromatic N) is 1. The van der Waals surface area contributed by atoms with E-state index in [-0.39, 0.29) is 17.0 Å². The van der Waals surface area contributed by atoms with Crippen LogP contribution in [0.15, 0.2) is 65.1 Å². The summed E-state index contributed by atoms with van der Waals surface area (Å²) in [6, 6.07) is 17.1. The van der Waals surface area contributed by atoms with Gasteiger partial charge in [0.1, 0.15) is 22.5 Å². The zero-order chi connectivity index (χ0) is 23.5. The van der Waals surface area contributed by atoms with E-state index in [0.29, 0.717) is 39.7 Å². The number of hydrogen-bond donors (Lipinski definition) is 0. The Morgan fingerprint density at radius 3 is 2.48 bits per heavy atom. The molecule has 3 aromatic carbocycles. The zero-order valence-corrected chi connectivity index (χ0v) is 21.8. The normalized spacial score (nSPS) is 15.9. The van der Waals surface area contributed by atoms with Gasteiger partial charge in [-0.15, -0.1) is 0 Å². The van der Waals surface area contributed by atoms with Gasteiger partial charge in [-0.2, -0.15) is 0 Å². The van der Waals surface area contributed by atoms with Crippen LogP contribution in [0.4, 0.5) is 4.39 Å². The average molecular weight is 585 g/mol. The Morgan fingerprint density at radius 1 is 1.03 bits per heavy atom. The fraction of sp³-hybridized carbons (Fsp3) is 0.167. The third-order valence-corrected chi connectivity index (χ3v) is 7.88. The van der Waals surface area contributed by atoms with E-state index in [4.69, 9.17) is 40.2 Å². The van der Waals surface area contributed by atoms with Crippen molar-refractivity contribution in [1.82, 2.24) is 4.90 Å². The number of rotatable bonds is 7. The van der Waals surface area contributed by atoms with Gasteiger partial charge >= 0.3 is 0 Å². The molecule has 0 spiro atoms. The number of amides is 1. The molecule has 9 heteroatoms. The summed E-state index contributed by atoms with van der Waals surface area (Å²) < 4.78 is 20.7. The van der Waals surface area contributed by atoms with E-state index in [1.54, 1.807) is 29.2 Å². The topological polar surface area (TPSA) is 29.5 Å². The maximum absolute atomic E-state index is 13.2. The summed E-state index contributed by atoms with van der Waals surface area (Å²) in [7, 11) is 0. The molecule has 0 saturated carbocycles. The van der Waals surface area contributed by atoms with E-state index in [1.807, 2.05) is 24.3 Å². The van der Waals surface area contributed by atoms with Crippen LogP contribution in [0.2, 0.25) is 10.0 Å². The number of carbonyl (C=O) groups excluding carboxylic acids is 1. The van der Waals surface area contributed by atoms with Crippen molar-refractivity contribution in [3.8, 4) is 5.75 Å². The molecule has 3 aromatic rings. The molecular weight excluding hydrogens is 568 g/mol. The zero-order valence-electron chi connectivity index (χ0n) is 17.1. The van der Waals surface area contributed by atoms with E-state index >= 15 is 0 Å². The molecule has 1 atom stereocenters. The van der Waals surface area contributed by atoms with Crippen LogP contribution in [0.5, 0.6) is 5.75 Å². The number of carbonyl (C=O) groups is 1. The summed E-state index contributed by atoms with van der Waals surface area (Å²) in [5.74, 6) is 0.301. The molecule has 1 fully saturated rings. The van der Waals surface area contributed by atoms with Gasteiger partial charge in [0.05, 0.1) is 21.8 Å². The summed E-state index contributed by atoms with van der Waals surface area (Å²) in [6.45, 7) is 0.632. The highest BCUT2D eigenvalue weighted by atomic mass is 79.9. The highest BCUT2D eigenvalue weighted by molar-refractivity contribution is 9.10. The van der Waals surface area contributed by atoms with Crippen LogP contribution in [0.1, 0.15) is 16.7 Å². The Balaban J connectivity index is 1.47. The lowest BCUT2D eigenvalue weighted by Crippen LogP contribution is -2.31. The standard InChI is InChI=1S/C24H17BrCl2FNO2S2/c25-17-4-8-21(31-13-15-3-7-19(26)20(27)9-15)16(10-17)11-22-23(30)29(24(32)33-22)12-14-1-5-18(28)6-2-14/h1-10,22H,11-13H2/t22-/m1/s1. The Kier molecular flexibility index (Phi) is 7.97. The Morgan fingerprint density at radius 2 is 1.76 bits per heavy atom. The van der Waals surface area contributed by atoms with Crippen LogP contribution >= 0.6 is 63.1 Å². The highest BCUT2D eigenvalue weighted by Gasteiger charge is 2.37. The maximum Gasteiger partial charge on any atom is 0.242 e. The molecule has 33 heavy (non-hydrogen) atoms. The number of ether oxygens (including phenoxy) is 1. The number of halogens is 4. The van der Waals surface area contributed by atoms with Crippen molar-refractivity contribution < 1.29 is 13.9 Å². The van der Waals surface area contributed by atoms with E-state index < -0.39 is 0 Å². The molecule has 1 aliphatic heterocycles. The molecule has 4 rings (SSSR count). The molecule has 1 amide bonds. The average Bonchev–Trinajstić information content (AvgIpc) is 3.04. The first-order valence-electron chi connectivity index (χ1n) is 9.92. The van der Waals surface area contributed by atoms with Gasteiger partial charge in [-0.3, -0.25) is 9.69 Å². The van der Waals surface area contributed by atoms with Crippen molar-refractivity contribution in [1.29, 1.82) is 0 Å². The molecule has 0 bridgehead atoms. The predicted molar refractivity (Wildman–Crippen MR) is 140 cm³/mol. The first-order chi connectivity index (χ1) is 15.8. The van der Waals surface area contributed by atoms with Crippen molar-refractivity contribution in [3.63, 3.8) is 0 Å². The van der Waals surface area contributed by atoms with Crippen LogP contribution in [0, 0.1) is 5.82 Å². The Hall–Kier alpha value is -1.64. The molecule has 1 aliphatic rings. The summed E-state index contributed by atoms with van der Waals surface area (Å²) >= 11 is 22.4. The highest BCUT2D eigenvalue weighted by Crippen LogP contribution is 2.34. The number of hydrogen-bond acceptors (Lipinski definition) is 4. The van der Waals surface area contributed by atoms with Crippen molar-refractivity contribution >= 4 is 73.3 Å². The van der Waals surface area contributed by atoms with E-state index in [1.165, 1.54) is 23.9 Å². The van der Waals surface area contributed by atoms with Crippen LogP contribution < -0.4 is 4.74 Å². The molecule has 1 saturated heterocycles. The predicted octanol–water partition coefficient (Wildman–Crippen LogP) is 7.45. The smallest absolute Gasteiger partial charge is 0.242 e. The van der Waals surface area contributed by atoms with Crippen LogP contribution in [0.3, 0.4) is 0 Å². The quantitative estimate of drug-likeness (QED) is 0.270. The third-order valence-electron chi connectivity index (χ3n) is 5.07. The summed E-state index contributed by atoms with van der Waals surface area (Å²) in [5, 5.41) is 0.596. The minimum absolute atomic E-state index is 0.0651. The minimum Gasteiger partial charge on any atom is -0.489 e. The molecular formula is C24H17BrCl2FNO2S2. The fourth-order valence-corrected chi connectivity index (χ4v) is 5.63. The molecule has 1 heterocycles. The van der Waals surface area contributed by atoms with Gasteiger partial charge in [-0.25, -0.2) is 4.39 Å². The van der Waals surface area contributed by atoms with Crippen molar-refractivity contribution in [3.05, 3.63) is 97.7 Å². The molecule has 0 radical (unpaired) electrons. The number of thiocarbonyl (C=S) groups is 1. The van der Waals surface area contributed by atoms with Crippen molar-refractivity contribution in [2.45, 2.75) is 24.8 Å². The van der Waals surface area contributed by atoms with Gasteiger partial charge in [-0.1, -0.05) is 81.3 Å². The van der Waals surface area contributed by atoms with E-state index in [0.717, 1.165) is 21.2 Å². The molecule has 0 aromatic heterocycles. The van der Waals surface area contributed by atoms with Gasteiger partial charge < -0.3 is 4.74 Å². The first kappa shape index (κ1) is 24.5. The monoisotopic (exact) mass is 583 g/mol. The molecule has 0 unspecified atom stereocenters. The number of thioether (sulfide) groups is 1. The van der Waals surface area contributed by atoms with Gasteiger partial charge in [-0.05, 0) is 65.6 Å². The lowest BCUT2D eigenvalue weighted by molar-refractivity contribution is -0.126. The maximum atomic E-state index is 13.2. The minimum atomic E-state index is -0.362. The lowest BCUT2D eigenvalue weighted by atomic mass is 10.1. The SMILES string of the molecule is O=C1[C@@H](Cc2cc(Br)ccc2OCc2ccc(Cl)c(Cl)c2)SC(=S)N1Cc1ccc(F)cc1. The molecule has 0 N–H and O–H groups in total. The first-order valence-corrected chi connectivity index (χ1v) is 12.8. The lowest BCUT2D eigenvalue weighted by Gasteiger charge is -2.17. The third kappa shape index (κ3) is 6.08. The summed E-state index contributed by atoms with van der Waals surface area (Å²) in [6.07, 6.45) is 0.458. The Bertz CT molecular complexity index is 1210. The molecule has 170 valence electrons. The summed E-state index contributed by atoms with van der Waals surface area (Å²) in [5.41, 5.74) is 2.60. The second-order valence-corrected chi connectivity index (χ2v) is 11.0. The second kappa shape index (κ2) is 10.7. The van der Waals surface area contributed by atoms with Gasteiger partial charge in [0.2, 0.25) is 5.91 Å². The van der Waals surface area contributed by atoms with Crippen LogP contribution in [0.25, 0.3) is 0 Å². The van der Waals surface area contributed by atoms with Gasteiger partial charge in [0.25, 0.3) is 0 Å². The largest absolute Gasteiger partial charge is 0.489 e. The molecule has 0 aliphatic carbocycles. The molecule has 3 nitrogen and oxygen atoms in total. The van der Waals surface area contributed by atoms with Crippen molar-refractivity contribution in [2.75, 3.05) is 0 Å². The van der Waals surface area contributed by atoms with E-state index in [2.05, 4.69) is 15.9 Å². The van der Waals surface area contributed by atoms with E-state index in [9.17, 15) is 9.18 Å². The second-order valence-electron chi connectivity index (χ2n) is 7.42. The van der Waals surface area contributed by atoms with Gasteiger partial charge in [0.15, 0.2) is 0 Å². The van der Waals surface area contributed by atoms with Gasteiger partial charge in [0, 0.05) is 4.47 Å². The van der Waals surface area contributed by atoms with Crippen LogP contribution in [-0.2, 0) is 24.4 Å². The fourth-order valence-electron chi connectivity index (χ4n) is 3.38. The van der Waals surface area contributed by atoms with Crippen LogP contribution in [-0.4, -0.2) is 20.4 Å². The summed E-state index contributed by atoms with van der Waals surface area (Å²) in [4.78, 5) is 14.7. The van der Waals surface area contributed by atoms with Crippen molar-refractivity contribution in [2.24, 2.45) is 0 Å².